The normalized spacial score (nSPS) is 10.8. The highest BCUT2D eigenvalue weighted by molar-refractivity contribution is 6.33. The van der Waals surface area contributed by atoms with Gasteiger partial charge < -0.3 is 9.88 Å². The molecule has 0 bridgehead atoms. The number of amides is 1. The number of carbonyl (C=O) groups excluding carboxylic acids is 1. The molecule has 0 aliphatic heterocycles. The largest absolute Gasteiger partial charge is 0.344 e. The van der Waals surface area contributed by atoms with Crippen LogP contribution in [0.4, 0.5) is 5.69 Å². The summed E-state index contributed by atoms with van der Waals surface area (Å²) >= 11 is 6.51. The number of hydrogen-bond acceptors (Lipinski definition) is 2. The fourth-order valence-corrected chi connectivity index (χ4v) is 3.85. The van der Waals surface area contributed by atoms with Gasteiger partial charge in [0.05, 0.1) is 5.69 Å². The second-order valence-corrected chi connectivity index (χ2v) is 7.89. The fourth-order valence-electron chi connectivity index (χ4n) is 3.63. The average molecular weight is 423 g/mol. The van der Waals surface area contributed by atoms with E-state index in [9.17, 15) is 9.59 Å². The molecule has 30 heavy (non-hydrogen) atoms. The highest BCUT2D eigenvalue weighted by Crippen LogP contribution is 2.31. The van der Waals surface area contributed by atoms with Gasteiger partial charge in [-0.15, -0.1) is 0 Å². The molecule has 0 aliphatic carbocycles. The number of aromatic nitrogens is 1. The highest BCUT2D eigenvalue weighted by atomic mass is 35.5. The van der Waals surface area contributed by atoms with Crippen LogP contribution in [0.15, 0.2) is 59.4 Å². The van der Waals surface area contributed by atoms with Crippen molar-refractivity contribution >= 4 is 23.2 Å². The summed E-state index contributed by atoms with van der Waals surface area (Å²) < 4.78 is 2.05. The number of rotatable bonds is 7. The Bertz CT molecular complexity index is 1120. The molecule has 0 radical (unpaired) electrons. The number of carbonyl (C=O) groups is 1. The summed E-state index contributed by atoms with van der Waals surface area (Å²) in [5.41, 5.74) is 3.51. The molecule has 0 saturated heterocycles. The molecular formula is C25H27ClN2O2. The number of benzene rings is 2. The van der Waals surface area contributed by atoms with Crippen LogP contribution in [0.5, 0.6) is 0 Å². The monoisotopic (exact) mass is 422 g/mol. The van der Waals surface area contributed by atoms with Crippen molar-refractivity contribution in [3.05, 3.63) is 86.7 Å². The molecule has 2 aromatic carbocycles. The lowest BCUT2D eigenvalue weighted by Crippen LogP contribution is -2.27. The molecule has 0 unspecified atom stereocenters. The van der Waals surface area contributed by atoms with Gasteiger partial charge in [-0.1, -0.05) is 67.8 Å². The molecule has 0 atom stereocenters. The van der Waals surface area contributed by atoms with Crippen molar-refractivity contribution in [2.45, 2.75) is 46.6 Å². The van der Waals surface area contributed by atoms with E-state index < -0.39 is 5.91 Å². The van der Waals surface area contributed by atoms with Crippen LogP contribution in [0, 0.1) is 13.8 Å². The minimum atomic E-state index is -0.423. The van der Waals surface area contributed by atoms with Gasteiger partial charge in [-0.25, -0.2) is 0 Å². The number of nitrogens with zero attached hydrogens (tertiary/aromatic N) is 1. The second kappa shape index (κ2) is 9.77. The van der Waals surface area contributed by atoms with Crippen LogP contribution in [-0.2, 0) is 6.54 Å². The smallest absolute Gasteiger partial charge is 0.261 e. The zero-order chi connectivity index (χ0) is 21.7. The van der Waals surface area contributed by atoms with Crippen molar-refractivity contribution in [1.29, 1.82) is 0 Å². The van der Waals surface area contributed by atoms with Gasteiger partial charge in [-0.2, -0.15) is 0 Å². The van der Waals surface area contributed by atoms with Gasteiger partial charge in [0.25, 0.3) is 5.91 Å². The topological polar surface area (TPSA) is 51.1 Å². The van der Waals surface area contributed by atoms with Gasteiger partial charge >= 0.3 is 0 Å². The van der Waals surface area contributed by atoms with Gasteiger partial charge in [-0.3, -0.25) is 9.59 Å². The van der Waals surface area contributed by atoms with E-state index in [1.54, 1.807) is 12.1 Å². The summed E-state index contributed by atoms with van der Waals surface area (Å²) in [5.74, 6) is -0.423. The molecule has 3 rings (SSSR count). The van der Waals surface area contributed by atoms with Gasteiger partial charge in [-0.05, 0) is 38.0 Å². The maximum atomic E-state index is 13.3. The predicted molar refractivity (Wildman–Crippen MR) is 125 cm³/mol. The molecule has 0 spiro atoms. The standard InChI is InChI=1S/C25H27ClN2O2/c1-4-5-10-15-28-18(3)16-22(29)23(24(28)19-12-7-8-13-20(19)26)25(30)27-21-14-9-6-11-17(21)2/h6-9,11-14,16H,4-5,10,15H2,1-3H3,(H,27,30). The van der Waals surface area contributed by atoms with Crippen molar-refractivity contribution < 1.29 is 4.79 Å². The van der Waals surface area contributed by atoms with Crippen LogP contribution in [0.2, 0.25) is 5.02 Å². The maximum Gasteiger partial charge on any atom is 0.261 e. The molecule has 1 N–H and O–H groups in total. The zero-order valence-electron chi connectivity index (χ0n) is 17.7. The molecule has 1 amide bonds. The summed E-state index contributed by atoms with van der Waals surface area (Å²) in [4.78, 5) is 26.3. The van der Waals surface area contributed by atoms with Crippen molar-refractivity contribution in [1.82, 2.24) is 4.57 Å². The van der Waals surface area contributed by atoms with E-state index in [1.165, 1.54) is 0 Å². The Morgan fingerprint density at radius 1 is 1.03 bits per heavy atom. The quantitative estimate of drug-likeness (QED) is 0.459. The number of aryl methyl sites for hydroxylation is 2. The lowest BCUT2D eigenvalue weighted by atomic mass is 10.0. The molecule has 1 aromatic heterocycles. The van der Waals surface area contributed by atoms with Crippen molar-refractivity contribution in [2.75, 3.05) is 5.32 Å². The van der Waals surface area contributed by atoms with Crippen LogP contribution in [0.3, 0.4) is 0 Å². The molecule has 0 fully saturated rings. The molecule has 5 heteroatoms. The third kappa shape index (κ3) is 4.65. The average Bonchev–Trinajstić information content (AvgIpc) is 2.71. The Labute approximate surface area is 182 Å². The third-order valence-corrected chi connectivity index (χ3v) is 5.58. The molecule has 156 valence electrons. The first kappa shape index (κ1) is 21.8. The molecule has 0 saturated carbocycles. The first-order valence-corrected chi connectivity index (χ1v) is 10.7. The number of nitrogens with one attached hydrogen (secondary N) is 1. The zero-order valence-corrected chi connectivity index (χ0v) is 18.4. The van der Waals surface area contributed by atoms with E-state index in [2.05, 4.69) is 12.2 Å². The Morgan fingerprint density at radius 3 is 2.43 bits per heavy atom. The summed E-state index contributed by atoms with van der Waals surface area (Å²) in [6.45, 7) is 6.68. The lowest BCUT2D eigenvalue weighted by Gasteiger charge is -2.21. The van der Waals surface area contributed by atoms with E-state index >= 15 is 0 Å². The number of halogens is 1. The summed E-state index contributed by atoms with van der Waals surface area (Å²) in [5, 5.41) is 3.43. The molecule has 1 heterocycles. The molecule has 0 aliphatic rings. The number of hydrogen-bond donors (Lipinski definition) is 1. The van der Waals surface area contributed by atoms with Crippen LogP contribution < -0.4 is 10.7 Å². The van der Waals surface area contributed by atoms with Crippen LogP contribution in [-0.4, -0.2) is 10.5 Å². The summed E-state index contributed by atoms with van der Waals surface area (Å²) in [6.07, 6.45) is 3.11. The number of pyridine rings is 1. The van der Waals surface area contributed by atoms with E-state index in [1.807, 2.05) is 60.9 Å². The number of anilines is 1. The number of unbranched alkanes of at least 4 members (excludes halogenated alkanes) is 2. The van der Waals surface area contributed by atoms with Gasteiger partial charge in [0.1, 0.15) is 5.56 Å². The van der Waals surface area contributed by atoms with E-state index in [4.69, 9.17) is 11.6 Å². The minimum Gasteiger partial charge on any atom is -0.344 e. The van der Waals surface area contributed by atoms with E-state index in [0.29, 0.717) is 28.5 Å². The van der Waals surface area contributed by atoms with Gasteiger partial charge in [0.2, 0.25) is 0 Å². The highest BCUT2D eigenvalue weighted by Gasteiger charge is 2.23. The first-order chi connectivity index (χ1) is 14.4. The Hall–Kier alpha value is -2.85. The van der Waals surface area contributed by atoms with Crippen molar-refractivity contribution in [3.63, 3.8) is 0 Å². The Kier molecular flexibility index (Phi) is 7.11. The molecular weight excluding hydrogens is 396 g/mol. The summed E-state index contributed by atoms with van der Waals surface area (Å²) in [7, 11) is 0. The Balaban J connectivity index is 2.19. The van der Waals surface area contributed by atoms with E-state index in [-0.39, 0.29) is 11.0 Å². The summed E-state index contributed by atoms with van der Waals surface area (Å²) in [6, 6.07) is 16.4. The SMILES string of the molecule is CCCCCn1c(C)cc(=O)c(C(=O)Nc2ccccc2C)c1-c1ccccc1Cl. The number of para-hydroxylation sites is 1. The fraction of sp³-hybridized carbons (Fsp3) is 0.280. The van der Waals surface area contributed by atoms with Crippen molar-refractivity contribution in [3.8, 4) is 11.3 Å². The molecule has 4 nitrogen and oxygen atoms in total. The van der Waals surface area contributed by atoms with Crippen LogP contribution in [0.25, 0.3) is 11.3 Å². The maximum absolute atomic E-state index is 13.3. The van der Waals surface area contributed by atoms with Crippen LogP contribution in [0.1, 0.15) is 47.8 Å². The Morgan fingerprint density at radius 2 is 1.73 bits per heavy atom. The van der Waals surface area contributed by atoms with Crippen molar-refractivity contribution in [2.24, 2.45) is 0 Å². The van der Waals surface area contributed by atoms with Crippen LogP contribution >= 0.6 is 11.6 Å². The third-order valence-electron chi connectivity index (χ3n) is 5.25. The minimum absolute atomic E-state index is 0.119. The van der Waals surface area contributed by atoms with E-state index in [0.717, 1.165) is 30.5 Å². The molecule has 3 aromatic rings. The lowest BCUT2D eigenvalue weighted by molar-refractivity contribution is 0.102. The van der Waals surface area contributed by atoms with Gasteiger partial charge in [0.15, 0.2) is 5.43 Å². The first-order valence-electron chi connectivity index (χ1n) is 10.3. The predicted octanol–water partition coefficient (Wildman–Crippen LogP) is 6.23. The van der Waals surface area contributed by atoms with Gasteiger partial charge in [0, 0.05) is 34.6 Å². The second-order valence-electron chi connectivity index (χ2n) is 7.48.